The number of rotatable bonds is 28. The summed E-state index contributed by atoms with van der Waals surface area (Å²) in [5.74, 6) is 0. The van der Waals surface area contributed by atoms with E-state index < -0.39 is 33.0 Å². The maximum atomic E-state index is 9.90. The molecule has 0 fully saturated rings. The maximum Gasteiger partial charge on any atom is 4.00 e. The van der Waals surface area contributed by atoms with Gasteiger partial charge < -0.3 is 19.6 Å². The van der Waals surface area contributed by atoms with Crippen molar-refractivity contribution in [2.45, 2.75) is 156 Å². The fraction of sp³-hybridized carbons (Fsp3) is 1.00. The Balaban J connectivity index is -0.000000157. The fourth-order valence-corrected chi connectivity index (χ4v) is 4.49. The monoisotopic (exact) mass is 810 g/mol. The molecule has 0 bridgehead atoms. The second kappa shape index (κ2) is 51.6. The molecule has 0 saturated carbocycles. The van der Waals surface area contributed by atoms with E-state index in [2.05, 4.69) is 45.8 Å². The van der Waals surface area contributed by atoms with Gasteiger partial charge >= 0.3 is 54.1 Å². The molecule has 0 aliphatic rings. The van der Waals surface area contributed by atoms with Gasteiger partial charge in [-0.15, -0.1) is 18.1 Å². The first-order valence-electron chi connectivity index (χ1n) is 16.2. The summed E-state index contributed by atoms with van der Waals surface area (Å²) in [6.07, 6.45) is 22.1. The molecule has 0 rings (SSSR count). The first-order valence-corrected chi connectivity index (χ1v) is 20.6. The summed E-state index contributed by atoms with van der Waals surface area (Å²) in [6.45, 7) is 9.97. The van der Waals surface area contributed by atoms with E-state index in [1.807, 2.05) is 0 Å². The van der Waals surface area contributed by atoms with Crippen LogP contribution in [0.25, 0.3) is 0 Å². The Morgan fingerprint density at radius 2 is 0.489 bits per heavy atom. The number of unbranched alkanes of at least 4 members (excludes halogenated alkanes) is 16. The smallest absolute Gasteiger partial charge is 0.566 e. The van der Waals surface area contributed by atoms with Gasteiger partial charge in [0.1, 0.15) is 26.4 Å². The third-order valence-electron chi connectivity index (χ3n) is 5.78. The topological polar surface area (TPSA) is 197 Å². The minimum atomic E-state index is -2.62. The van der Waals surface area contributed by atoms with Crippen molar-refractivity contribution < 1.29 is 77.0 Å². The van der Waals surface area contributed by atoms with Gasteiger partial charge in [-0.3, -0.25) is 0 Å². The summed E-state index contributed by atoms with van der Waals surface area (Å²) in [5, 5.41) is 0. The van der Waals surface area contributed by atoms with Gasteiger partial charge in [-0.2, -0.15) is 0 Å². The minimum absolute atomic E-state index is 0. The van der Waals surface area contributed by atoms with Crippen molar-refractivity contribution in [3.05, 3.63) is 0 Å². The molecule has 0 aliphatic heterocycles. The molecule has 266 valence electrons. The molecular weight excluding hydrogens is 748 g/mol. The zero-order valence-electron chi connectivity index (χ0n) is 28.1. The van der Waals surface area contributed by atoms with Crippen LogP contribution >= 0.6 is 33.0 Å². The molecule has 0 radical (unpaired) electrons. The van der Waals surface area contributed by atoms with Crippen molar-refractivity contribution in [3.63, 3.8) is 0 Å². The van der Waals surface area contributed by atoms with Crippen molar-refractivity contribution in [3.8, 4) is 0 Å². The molecule has 0 N–H and O–H groups in total. The van der Waals surface area contributed by atoms with Gasteiger partial charge in [0.05, 0.1) is 0 Å². The van der Waals surface area contributed by atoms with Crippen LogP contribution in [0.1, 0.15) is 156 Å². The van der Waals surface area contributed by atoms with Crippen LogP contribution in [0, 0.1) is 0 Å². The van der Waals surface area contributed by atoms with Gasteiger partial charge in [0.2, 0.25) is 0 Å². The van der Waals surface area contributed by atoms with Crippen molar-refractivity contribution in [1.29, 1.82) is 0 Å². The molecule has 0 saturated heterocycles. The van der Waals surface area contributed by atoms with Gasteiger partial charge in [0.25, 0.3) is 0 Å². The Kier molecular flexibility index (Phi) is 63.3. The van der Waals surface area contributed by atoms with Crippen molar-refractivity contribution in [2.75, 3.05) is 26.4 Å². The van der Waals surface area contributed by atoms with Crippen LogP contribution in [0.2, 0.25) is 0 Å². The predicted molar refractivity (Wildman–Crippen MR) is 169 cm³/mol. The van der Waals surface area contributed by atoms with Crippen LogP contribution < -0.4 is 19.6 Å². The number of hydrogen-bond donors (Lipinski definition) is 0. The molecule has 0 aliphatic carbocycles. The van der Waals surface area contributed by atoms with Gasteiger partial charge in [-0.25, -0.2) is 0 Å². The molecule has 0 amide bonds. The first kappa shape index (κ1) is 55.2. The van der Waals surface area contributed by atoms with E-state index in [-0.39, 0.29) is 21.1 Å². The molecule has 0 spiro atoms. The van der Waals surface area contributed by atoms with Gasteiger partial charge in [-0.1, -0.05) is 130 Å². The molecule has 12 nitrogen and oxygen atoms in total. The second-order valence-corrected chi connectivity index (χ2v) is 12.7. The molecule has 0 heterocycles. The summed E-state index contributed by atoms with van der Waals surface area (Å²) in [5.41, 5.74) is 0. The third kappa shape index (κ3) is 76.3. The van der Waals surface area contributed by atoms with E-state index >= 15 is 0 Å². The van der Waals surface area contributed by atoms with Crippen LogP contribution in [0.15, 0.2) is 0 Å². The fourth-order valence-electron chi connectivity index (χ4n) is 3.38. The summed E-state index contributed by atoms with van der Waals surface area (Å²) in [4.78, 5) is 39.6. The first-order chi connectivity index (χ1) is 21.1. The second-order valence-electron chi connectivity index (χ2n) is 9.88. The van der Waals surface area contributed by atoms with E-state index in [4.69, 9.17) is 0 Å². The predicted octanol–water partition coefficient (Wildman–Crippen LogP) is 7.96. The quantitative estimate of drug-likeness (QED) is 0.0421. The molecule has 17 heteroatoms. The largest absolute Gasteiger partial charge is 4.00 e. The summed E-state index contributed by atoms with van der Waals surface area (Å²) in [7, 11) is -10.5. The van der Waals surface area contributed by atoms with Crippen molar-refractivity contribution >= 4 is 33.0 Å². The molecule has 45 heavy (non-hydrogen) atoms. The van der Waals surface area contributed by atoms with E-state index in [0.29, 0.717) is 26.4 Å². The Labute approximate surface area is 291 Å². The van der Waals surface area contributed by atoms with E-state index in [9.17, 15) is 37.8 Å². The van der Waals surface area contributed by atoms with Crippen LogP contribution in [0.3, 0.4) is 0 Å². The van der Waals surface area contributed by atoms with Gasteiger partial charge in [-0.05, 0) is 43.9 Å². The van der Waals surface area contributed by atoms with Crippen molar-refractivity contribution in [2.24, 2.45) is 0 Å². The number of hydrogen-bond acceptors (Lipinski definition) is 12. The normalized spacial score (nSPS) is 11.4. The summed E-state index contributed by atoms with van der Waals surface area (Å²) < 4.78 is 57.1. The van der Waals surface area contributed by atoms with Crippen molar-refractivity contribution in [1.82, 2.24) is 0 Å². The van der Waals surface area contributed by atoms with E-state index in [0.717, 1.165) is 51.4 Å². The Bertz CT molecular complexity index is 534. The van der Waals surface area contributed by atoms with E-state index in [1.165, 1.54) is 77.0 Å². The molecule has 4 unspecified atom stereocenters. The van der Waals surface area contributed by atoms with Gasteiger partial charge in [0.15, 0.2) is 0 Å². The average Bonchev–Trinajstić information content (AvgIpc) is 2.97. The summed E-state index contributed by atoms with van der Waals surface area (Å²) in [6, 6.07) is 0. The van der Waals surface area contributed by atoms with Gasteiger partial charge in [0, 0.05) is 0 Å². The molecule has 0 aromatic heterocycles. The third-order valence-corrected chi connectivity index (χ3v) is 7.35. The zero-order valence-corrected chi connectivity index (χ0v) is 33.7. The zero-order chi connectivity index (χ0) is 34.1. The summed E-state index contributed by atoms with van der Waals surface area (Å²) >= 11 is 0. The molecule has 0 aromatic rings. The van der Waals surface area contributed by atoms with Crippen LogP contribution in [-0.4, -0.2) is 26.4 Å². The van der Waals surface area contributed by atoms with Crippen LogP contribution in [0.4, 0.5) is 0 Å². The Morgan fingerprint density at radius 3 is 0.622 bits per heavy atom. The Hall–Kier alpha value is 0.768. The SMILES string of the molecule is CCCCCCCO[P+](=O)[O-].CCCCCCCO[P+](=O)[O-].CCCCCCCO[P+](=O)[O-].CCCCCCCO[P+](=O)[O-].[Mo+4]. The average molecular weight is 809 g/mol. The van der Waals surface area contributed by atoms with Crippen LogP contribution in [0.5, 0.6) is 0 Å². The Morgan fingerprint density at radius 1 is 0.333 bits per heavy atom. The molecule has 0 aromatic carbocycles. The molecule has 4 atom stereocenters. The molecular formula is C28H60MoO12P4+4. The van der Waals surface area contributed by atoms with Crippen LogP contribution in [-0.2, 0) is 57.4 Å². The van der Waals surface area contributed by atoms with E-state index in [1.54, 1.807) is 0 Å². The minimum Gasteiger partial charge on any atom is -0.566 e. The standard InChI is InChI=1S/4C7H15O3P.Mo/c4*1-2-3-4-5-6-7-10-11(8)9;/h4*2-7H2,1H3;/q;;;;+4. The maximum absolute atomic E-state index is 9.90.